The van der Waals surface area contributed by atoms with Gasteiger partial charge in [0.05, 0.1) is 5.54 Å². The number of nitrogens with two attached hydrogens (primary N) is 1. The first-order chi connectivity index (χ1) is 12.7. The van der Waals surface area contributed by atoms with Crippen LogP contribution in [0, 0.1) is 17.8 Å². The molecule has 0 unspecified atom stereocenters. The third-order valence-corrected chi connectivity index (χ3v) is 5.48. The lowest BCUT2D eigenvalue weighted by molar-refractivity contribution is -0.153. The molecule has 0 bridgehead atoms. The number of carbonyl (C=O) groups is 3. The Kier molecular flexibility index (Phi) is 7.60. The van der Waals surface area contributed by atoms with Crippen LogP contribution in [0.4, 0.5) is 4.39 Å². The van der Waals surface area contributed by atoms with Crippen LogP contribution in [0.1, 0.15) is 40.5 Å². The molecule has 0 saturated carbocycles. The van der Waals surface area contributed by atoms with Crippen LogP contribution >= 0.6 is 0 Å². The number of halogens is 1. The summed E-state index contributed by atoms with van der Waals surface area (Å²) in [5.41, 5.74) is 2.79. The zero-order valence-electron chi connectivity index (χ0n) is 18.0. The molecule has 1 aliphatic rings. The topological polar surface area (TPSA) is 87.0 Å². The van der Waals surface area contributed by atoms with E-state index in [1.54, 1.807) is 13.8 Å². The van der Waals surface area contributed by atoms with Gasteiger partial charge in [-0.3, -0.25) is 19.3 Å². The molecule has 1 atom stereocenters. The summed E-state index contributed by atoms with van der Waals surface area (Å²) < 4.78 is 15.3. The summed E-state index contributed by atoms with van der Waals surface area (Å²) in [7, 11) is 5.14. The molecule has 0 spiro atoms. The maximum atomic E-state index is 15.3. The van der Waals surface area contributed by atoms with Gasteiger partial charge in [0.1, 0.15) is 6.04 Å². The molecule has 0 aromatic carbocycles. The van der Waals surface area contributed by atoms with Gasteiger partial charge in [-0.2, -0.15) is 0 Å². The number of primary amides is 1. The zero-order chi connectivity index (χ0) is 21.9. The number of hydrogen-bond donors (Lipinski definition) is 1. The van der Waals surface area contributed by atoms with Crippen molar-refractivity contribution in [3.05, 3.63) is 0 Å². The predicted octanol–water partition coefficient (Wildman–Crippen LogP) is 0.629. The van der Waals surface area contributed by atoms with Crippen LogP contribution in [0.3, 0.4) is 0 Å². The van der Waals surface area contributed by atoms with Crippen LogP contribution in [0.15, 0.2) is 0 Å². The molecule has 0 radical (unpaired) electrons. The third-order valence-electron chi connectivity index (χ3n) is 5.48. The largest absolute Gasteiger partial charge is 0.368 e. The highest BCUT2D eigenvalue weighted by Crippen LogP contribution is 2.30. The summed E-state index contributed by atoms with van der Waals surface area (Å²) >= 11 is 0. The number of likely N-dealkylation sites (tertiary alicyclic amines) is 1. The van der Waals surface area contributed by atoms with Crippen molar-refractivity contribution < 1.29 is 18.8 Å². The highest BCUT2D eigenvalue weighted by Gasteiger charge is 2.46. The van der Waals surface area contributed by atoms with E-state index in [1.807, 2.05) is 32.8 Å². The van der Waals surface area contributed by atoms with Gasteiger partial charge in [0.25, 0.3) is 11.8 Å². The summed E-state index contributed by atoms with van der Waals surface area (Å²) in [5.74, 6) is 3.50. The second kappa shape index (κ2) is 8.91. The van der Waals surface area contributed by atoms with Gasteiger partial charge in [0, 0.05) is 33.0 Å². The molecule has 1 saturated heterocycles. The molecule has 28 heavy (non-hydrogen) atoms. The van der Waals surface area contributed by atoms with Gasteiger partial charge in [0.2, 0.25) is 5.91 Å². The normalized spacial score (nSPS) is 17.7. The van der Waals surface area contributed by atoms with E-state index in [2.05, 4.69) is 11.8 Å². The highest BCUT2D eigenvalue weighted by atomic mass is 19.1. The van der Waals surface area contributed by atoms with Gasteiger partial charge in [0.15, 0.2) is 5.67 Å². The second-order valence-corrected chi connectivity index (χ2v) is 8.47. The van der Waals surface area contributed by atoms with E-state index in [-0.39, 0.29) is 37.8 Å². The molecule has 3 amide bonds. The molecule has 1 heterocycles. The first-order valence-electron chi connectivity index (χ1n) is 9.48. The minimum atomic E-state index is -2.12. The summed E-state index contributed by atoms with van der Waals surface area (Å²) in [5, 5.41) is 0. The van der Waals surface area contributed by atoms with Gasteiger partial charge >= 0.3 is 0 Å². The molecule has 0 aromatic rings. The van der Waals surface area contributed by atoms with Crippen molar-refractivity contribution in [2.75, 3.05) is 34.2 Å². The molecule has 1 fully saturated rings. The number of carbonyl (C=O) groups excluding carboxylic acids is 3. The van der Waals surface area contributed by atoms with E-state index in [0.29, 0.717) is 0 Å². The van der Waals surface area contributed by atoms with Gasteiger partial charge in [-0.25, -0.2) is 4.39 Å². The van der Waals surface area contributed by atoms with Gasteiger partial charge in [-0.15, -0.1) is 0 Å². The lowest BCUT2D eigenvalue weighted by Crippen LogP contribution is -2.57. The van der Waals surface area contributed by atoms with E-state index in [0.717, 1.165) is 4.90 Å². The lowest BCUT2D eigenvalue weighted by Gasteiger charge is -2.39. The molecule has 158 valence electrons. The van der Waals surface area contributed by atoms with Crippen molar-refractivity contribution in [3.63, 3.8) is 0 Å². The van der Waals surface area contributed by atoms with Crippen molar-refractivity contribution >= 4 is 17.7 Å². The van der Waals surface area contributed by atoms with Gasteiger partial charge < -0.3 is 15.5 Å². The predicted molar refractivity (Wildman–Crippen MR) is 106 cm³/mol. The van der Waals surface area contributed by atoms with Crippen LogP contribution in [0.25, 0.3) is 0 Å². The third kappa shape index (κ3) is 5.44. The zero-order valence-corrected chi connectivity index (χ0v) is 18.0. The van der Waals surface area contributed by atoms with Gasteiger partial charge in [-0.05, 0) is 39.8 Å². The van der Waals surface area contributed by atoms with E-state index in [4.69, 9.17) is 5.73 Å². The minimum absolute atomic E-state index is 0.0922. The number of hydrogen-bond acceptors (Lipinski definition) is 4. The van der Waals surface area contributed by atoms with Gasteiger partial charge in [-0.1, -0.05) is 19.8 Å². The molecule has 1 aliphatic heterocycles. The molecule has 0 aliphatic carbocycles. The lowest BCUT2D eigenvalue weighted by atomic mass is 9.90. The Hall–Kier alpha value is -2.14. The Morgan fingerprint density at radius 3 is 2.04 bits per heavy atom. The van der Waals surface area contributed by atoms with Crippen LogP contribution in [-0.2, 0) is 14.4 Å². The standard InChI is InChI=1S/C20H33FN4O3/c1-14(2)16(17(22)27)24(7)18(28)20(21)10-12-25(13-11-20)15(26)8-9-19(3,4)23(5)6/h14,16H,10-13H2,1-7H3,(H2,22,27)/t16-/m0/s1. The Balaban J connectivity index is 2.81. The van der Waals surface area contributed by atoms with E-state index >= 15 is 4.39 Å². The van der Waals surface area contributed by atoms with Crippen LogP contribution in [0.5, 0.6) is 0 Å². The van der Waals surface area contributed by atoms with E-state index < -0.39 is 29.1 Å². The number of nitrogens with zero attached hydrogens (tertiary/aromatic N) is 3. The van der Waals surface area contributed by atoms with Crippen molar-refractivity contribution in [3.8, 4) is 11.8 Å². The maximum Gasteiger partial charge on any atom is 0.298 e. The fraction of sp³-hybridized carbons (Fsp3) is 0.750. The second-order valence-electron chi connectivity index (χ2n) is 8.47. The quantitative estimate of drug-likeness (QED) is 0.691. The molecule has 1 rings (SSSR count). The van der Waals surface area contributed by atoms with Crippen molar-refractivity contribution in [2.24, 2.45) is 11.7 Å². The first-order valence-corrected chi connectivity index (χ1v) is 9.48. The molecule has 7 nitrogen and oxygen atoms in total. The maximum absolute atomic E-state index is 15.3. The van der Waals surface area contributed by atoms with Crippen molar-refractivity contribution in [2.45, 2.75) is 57.8 Å². The Bertz CT molecular complexity index is 671. The SMILES string of the molecule is CC(C)[C@@H](C(N)=O)N(C)C(=O)C1(F)CCN(C(=O)C#CC(C)(C)N(C)C)CC1. The Labute approximate surface area is 167 Å². The molecular formula is C20H33FN4O3. The fourth-order valence-electron chi connectivity index (χ4n) is 3.08. The Morgan fingerprint density at radius 2 is 1.64 bits per heavy atom. The van der Waals surface area contributed by atoms with Crippen LogP contribution < -0.4 is 5.73 Å². The number of alkyl halides is 1. The summed E-state index contributed by atoms with van der Waals surface area (Å²) in [4.78, 5) is 41.1. The first kappa shape index (κ1) is 23.9. The van der Waals surface area contributed by atoms with Crippen molar-refractivity contribution in [1.29, 1.82) is 0 Å². The number of likely N-dealkylation sites (N-methyl/N-ethyl adjacent to an activating group) is 1. The van der Waals surface area contributed by atoms with Crippen molar-refractivity contribution in [1.82, 2.24) is 14.7 Å². The average molecular weight is 397 g/mol. The monoisotopic (exact) mass is 396 g/mol. The molecule has 2 N–H and O–H groups in total. The average Bonchev–Trinajstić information content (AvgIpc) is 2.58. The van der Waals surface area contributed by atoms with Crippen LogP contribution in [-0.4, -0.2) is 83.9 Å². The van der Waals surface area contributed by atoms with Crippen LogP contribution in [0.2, 0.25) is 0 Å². The minimum Gasteiger partial charge on any atom is -0.368 e. The number of rotatable bonds is 5. The van der Waals surface area contributed by atoms with E-state index in [9.17, 15) is 14.4 Å². The number of piperidine rings is 1. The fourth-order valence-corrected chi connectivity index (χ4v) is 3.08. The smallest absolute Gasteiger partial charge is 0.298 e. The summed E-state index contributed by atoms with van der Waals surface area (Å²) in [6, 6.07) is -0.876. The molecular weight excluding hydrogens is 363 g/mol. The van der Waals surface area contributed by atoms with E-state index in [1.165, 1.54) is 11.9 Å². The molecule has 8 heteroatoms. The molecule has 0 aromatic heterocycles. The summed E-state index contributed by atoms with van der Waals surface area (Å²) in [6.45, 7) is 7.48. The highest BCUT2D eigenvalue weighted by molar-refractivity contribution is 5.94. The Morgan fingerprint density at radius 1 is 1.14 bits per heavy atom. The number of amides is 3. The summed E-state index contributed by atoms with van der Waals surface area (Å²) in [6.07, 6.45) is -0.269.